The first kappa shape index (κ1) is 7.42. The molecule has 0 aromatic heterocycles. The monoisotopic (exact) mass is 149 g/mol. The van der Waals surface area contributed by atoms with Crippen LogP contribution < -0.4 is 0 Å². The highest BCUT2D eigenvalue weighted by Gasteiger charge is 1.98. The number of rotatable bonds is 2. The molecule has 0 bridgehead atoms. The first-order valence-electron chi connectivity index (χ1n) is 3.18. The fourth-order valence-electron chi connectivity index (χ4n) is 0.779. The standard InChI is InChI=1S/C9H9S/c1-2-9(10)8-6-4-3-5-7-8/h2-7,9H,1H2/t9-/m0/s1. The number of hydrogen-bond acceptors (Lipinski definition) is 0. The summed E-state index contributed by atoms with van der Waals surface area (Å²) in [7, 11) is 0. The van der Waals surface area contributed by atoms with Crippen LogP contribution in [-0.2, 0) is 0 Å². The largest absolute Gasteiger partial charge is 0.102 e. The van der Waals surface area contributed by atoms with Crippen molar-refractivity contribution in [3.05, 3.63) is 48.6 Å². The number of benzene rings is 1. The van der Waals surface area contributed by atoms with Gasteiger partial charge in [0.1, 0.15) is 0 Å². The van der Waals surface area contributed by atoms with Gasteiger partial charge in [-0.25, -0.2) is 0 Å². The summed E-state index contributed by atoms with van der Waals surface area (Å²) in [6, 6.07) is 9.98. The van der Waals surface area contributed by atoms with Crippen molar-refractivity contribution in [2.75, 3.05) is 0 Å². The molecule has 1 aromatic carbocycles. The summed E-state index contributed by atoms with van der Waals surface area (Å²) < 4.78 is 0. The van der Waals surface area contributed by atoms with Gasteiger partial charge < -0.3 is 0 Å². The van der Waals surface area contributed by atoms with Crippen LogP contribution >= 0.6 is 12.6 Å². The summed E-state index contributed by atoms with van der Waals surface area (Å²) in [5.41, 5.74) is 1.15. The van der Waals surface area contributed by atoms with Crippen LogP contribution in [0.5, 0.6) is 0 Å². The van der Waals surface area contributed by atoms with Crippen LogP contribution in [0, 0.1) is 0 Å². The lowest BCUT2D eigenvalue weighted by molar-refractivity contribution is 1.25. The van der Waals surface area contributed by atoms with Gasteiger partial charge in [0.15, 0.2) is 0 Å². The van der Waals surface area contributed by atoms with E-state index in [4.69, 9.17) is 12.6 Å². The first-order valence-corrected chi connectivity index (χ1v) is 3.65. The second-order valence-electron chi connectivity index (χ2n) is 2.07. The highest BCUT2D eigenvalue weighted by atomic mass is 32.1. The predicted molar refractivity (Wildman–Crippen MR) is 47.0 cm³/mol. The van der Waals surface area contributed by atoms with Gasteiger partial charge in [-0.2, -0.15) is 0 Å². The summed E-state index contributed by atoms with van der Waals surface area (Å²) >= 11 is 5.09. The molecule has 0 fully saturated rings. The minimum absolute atomic E-state index is 0.0567. The average molecular weight is 149 g/mol. The minimum Gasteiger partial charge on any atom is -0.102 e. The van der Waals surface area contributed by atoms with Crippen molar-refractivity contribution in [3.8, 4) is 0 Å². The van der Waals surface area contributed by atoms with Gasteiger partial charge in [0.05, 0.1) is 5.25 Å². The van der Waals surface area contributed by atoms with Crippen LogP contribution in [0.15, 0.2) is 43.0 Å². The van der Waals surface area contributed by atoms with Crippen LogP contribution in [0.4, 0.5) is 0 Å². The third kappa shape index (κ3) is 1.64. The molecule has 1 radical (unpaired) electrons. The maximum atomic E-state index is 5.09. The van der Waals surface area contributed by atoms with E-state index in [1.54, 1.807) is 6.08 Å². The van der Waals surface area contributed by atoms with Gasteiger partial charge >= 0.3 is 0 Å². The Kier molecular flexibility index (Phi) is 2.57. The van der Waals surface area contributed by atoms with E-state index in [2.05, 4.69) is 6.58 Å². The quantitative estimate of drug-likeness (QED) is 0.567. The van der Waals surface area contributed by atoms with Crippen LogP contribution in [0.1, 0.15) is 10.8 Å². The molecule has 0 aliphatic rings. The summed E-state index contributed by atoms with van der Waals surface area (Å²) in [6.07, 6.45) is 1.77. The Morgan fingerprint density at radius 1 is 1.30 bits per heavy atom. The molecule has 1 heteroatoms. The average Bonchev–Trinajstić information content (AvgIpc) is 2.05. The van der Waals surface area contributed by atoms with Gasteiger partial charge in [-0.15, -0.1) is 6.58 Å². The highest BCUT2D eigenvalue weighted by Crippen LogP contribution is 2.19. The summed E-state index contributed by atoms with van der Waals surface area (Å²) in [6.45, 7) is 3.63. The maximum Gasteiger partial charge on any atom is 0.0578 e. The lowest BCUT2D eigenvalue weighted by atomic mass is 10.1. The Balaban J connectivity index is 2.84. The van der Waals surface area contributed by atoms with Crippen molar-refractivity contribution < 1.29 is 0 Å². The second-order valence-corrected chi connectivity index (χ2v) is 2.57. The van der Waals surface area contributed by atoms with Gasteiger partial charge in [-0.3, -0.25) is 0 Å². The molecule has 0 aliphatic heterocycles. The molecular weight excluding hydrogens is 140 g/mol. The van der Waals surface area contributed by atoms with Crippen molar-refractivity contribution >= 4 is 12.6 Å². The van der Waals surface area contributed by atoms with Gasteiger partial charge in [0, 0.05) is 0 Å². The molecular formula is C9H9S. The summed E-state index contributed by atoms with van der Waals surface area (Å²) in [4.78, 5) is 0. The maximum absolute atomic E-state index is 5.09. The normalized spacial score (nSPS) is 12.5. The molecule has 0 nitrogen and oxygen atoms in total. The topological polar surface area (TPSA) is 0 Å². The van der Waals surface area contributed by atoms with Crippen molar-refractivity contribution in [2.45, 2.75) is 5.25 Å². The van der Waals surface area contributed by atoms with Gasteiger partial charge in [0.2, 0.25) is 0 Å². The van der Waals surface area contributed by atoms with Crippen LogP contribution in [-0.4, -0.2) is 0 Å². The molecule has 0 aliphatic carbocycles. The van der Waals surface area contributed by atoms with E-state index >= 15 is 0 Å². The molecule has 0 heterocycles. The Morgan fingerprint density at radius 3 is 2.40 bits per heavy atom. The molecule has 1 atom stereocenters. The molecule has 1 rings (SSSR count). The first-order chi connectivity index (χ1) is 4.84. The van der Waals surface area contributed by atoms with E-state index in [1.165, 1.54) is 0 Å². The lowest BCUT2D eigenvalue weighted by Crippen LogP contribution is -1.82. The van der Waals surface area contributed by atoms with E-state index in [1.807, 2.05) is 30.3 Å². The Hall–Kier alpha value is -0.690. The Labute approximate surface area is 67.0 Å². The molecule has 0 N–H and O–H groups in total. The molecule has 0 spiro atoms. The van der Waals surface area contributed by atoms with Crippen molar-refractivity contribution in [3.63, 3.8) is 0 Å². The summed E-state index contributed by atoms with van der Waals surface area (Å²) in [5, 5.41) is 0.0567. The van der Waals surface area contributed by atoms with Crippen molar-refractivity contribution in [1.82, 2.24) is 0 Å². The van der Waals surface area contributed by atoms with E-state index in [-0.39, 0.29) is 5.25 Å². The smallest absolute Gasteiger partial charge is 0.0578 e. The predicted octanol–water partition coefficient (Wildman–Crippen LogP) is 3.11. The summed E-state index contributed by atoms with van der Waals surface area (Å²) in [5.74, 6) is 0. The van der Waals surface area contributed by atoms with Gasteiger partial charge in [0.25, 0.3) is 0 Å². The Bertz CT molecular complexity index is 203. The molecule has 0 unspecified atom stereocenters. The zero-order chi connectivity index (χ0) is 7.40. The fraction of sp³-hybridized carbons (Fsp3) is 0.111. The molecule has 10 heavy (non-hydrogen) atoms. The second kappa shape index (κ2) is 3.47. The van der Waals surface area contributed by atoms with Crippen LogP contribution in [0.3, 0.4) is 0 Å². The van der Waals surface area contributed by atoms with E-state index < -0.39 is 0 Å². The number of hydrogen-bond donors (Lipinski definition) is 0. The van der Waals surface area contributed by atoms with E-state index in [0.717, 1.165) is 5.56 Å². The van der Waals surface area contributed by atoms with E-state index in [0.29, 0.717) is 0 Å². The van der Waals surface area contributed by atoms with Crippen LogP contribution in [0.2, 0.25) is 0 Å². The van der Waals surface area contributed by atoms with Gasteiger partial charge in [-0.05, 0) is 5.56 Å². The molecule has 0 saturated heterocycles. The Morgan fingerprint density at radius 2 is 1.90 bits per heavy atom. The zero-order valence-electron chi connectivity index (χ0n) is 5.66. The fourth-order valence-corrected chi connectivity index (χ4v) is 0.936. The molecule has 0 saturated carbocycles. The third-order valence-electron chi connectivity index (χ3n) is 1.34. The highest BCUT2D eigenvalue weighted by molar-refractivity contribution is 7.80. The third-order valence-corrected chi connectivity index (χ3v) is 1.81. The molecule has 1 aromatic rings. The molecule has 0 amide bonds. The van der Waals surface area contributed by atoms with E-state index in [9.17, 15) is 0 Å². The van der Waals surface area contributed by atoms with Crippen molar-refractivity contribution in [2.24, 2.45) is 0 Å². The zero-order valence-corrected chi connectivity index (χ0v) is 6.47. The van der Waals surface area contributed by atoms with Crippen molar-refractivity contribution in [1.29, 1.82) is 0 Å². The molecule has 51 valence electrons. The SMILES string of the molecule is C=C[C@H]([S])c1ccccc1. The van der Waals surface area contributed by atoms with Gasteiger partial charge in [-0.1, -0.05) is 49.0 Å². The lowest BCUT2D eigenvalue weighted by Gasteiger charge is -2.01. The minimum atomic E-state index is 0.0567. The van der Waals surface area contributed by atoms with Crippen LogP contribution in [0.25, 0.3) is 0 Å².